The number of ketones is 1. The third-order valence-electron chi connectivity index (χ3n) is 5.95. The van der Waals surface area contributed by atoms with Crippen molar-refractivity contribution >= 4 is 29.2 Å². The molecule has 1 saturated heterocycles. The molecule has 1 fully saturated rings. The highest BCUT2D eigenvalue weighted by Crippen LogP contribution is 2.33. The van der Waals surface area contributed by atoms with Gasteiger partial charge in [-0.25, -0.2) is 4.98 Å². The van der Waals surface area contributed by atoms with Gasteiger partial charge in [0.05, 0.1) is 22.9 Å². The topological polar surface area (TPSA) is 68.8 Å². The van der Waals surface area contributed by atoms with Crippen LogP contribution in [0.15, 0.2) is 23.1 Å². The summed E-state index contributed by atoms with van der Waals surface area (Å²) in [6.07, 6.45) is 11.4. The number of thiazole rings is 1. The molecule has 0 saturated carbocycles. The molecule has 2 aliphatic rings. The first-order valence-corrected chi connectivity index (χ1v) is 11.8. The lowest BCUT2D eigenvalue weighted by atomic mass is 9.81. The van der Waals surface area contributed by atoms with Crippen molar-refractivity contribution in [3.8, 4) is 0 Å². The van der Waals surface area contributed by atoms with Crippen LogP contribution in [0, 0.1) is 12.3 Å². The molecular weight excluding hydrogens is 398 g/mol. The van der Waals surface area contributed by atoms with Crippen LogP contribution in [0.1, 0.15) is 76.4 Å². The van der Waals surface area contributed by atoms with E-state index in [4.69, 9.17) is 9.47 Å². The normalized spacial score (nSPS) is 28.7. The monoisotopic (exact) mass is 431 g/mol. The number of hydrogen-bond acceptors (Lipinski definition) is 6. The quantitative estimate of drug-likeness (QED) is 0.270. The van der Waals surface area contributed by atoms with Crippen LogP contribution in [0.2, 0.25) is 0 Å². The SMILES string of the molecule is CC(=Cc1csc(C)n1)[C@@H]1C[C@@H]2O[C@@H]2CC=CCCCCC(C)(C)C(=O)CC(=O)O1. The molecule has 3 atom stereocenters. The lowest BCUT2D eigenvalue weighted by molar-refractivity contribution is -0.151. The molecule has 3 heterocycles. The maximum Gasteiger partial charge on any atom is 0.313 e. The van der Waals surface area contributed by atoms with Crippen molar-refractivity contribution in [3.05, 3.63) is 33.8 Å². The molecule has 164 valence electrons. The molecule has 1 aromatic heterocycles. The number of esters is 1. The van der Waals surface area contributed by atoms with E-state index in [1.165, 1.54) is 0 Å². The molecule has 0 bridgehead atoms. The highest BCUT2D eigenvalue weighted by Gasteiger charge is 2.40. The Balaban J connectivity index is 1.75. The Hall–Kier alpha value is -1.79. The number of Topliss-reactive ketones (excluding diaryl/α,β-unsaturated/α-hetero) is 1. The molecule has 3 rings (SSSR count). The van der Waals surface area contributed by atoms with E-state index in [-0.39, 0.29) is 24.4 Å². The van der Waals surface area contributed by atoms with Crippen molar-refractivity contribution in [3.63, 3.8) is 0 Å². The summed E-state index contributed by atoms with van der Waals surface area (Å²) in [4.78, 5) is 29.8. The van der Waals surface area contributed by atoms with Crippen LogP contribution in [0.4, 0.5) is 0 Å². The van der Waals surface area contributed by atoms with Crippen molar-refractivity contribution < 1.29 is 19.1 Å². The van der Waals surface area contributed by atoms with Crippen molar-refractivity contribution in [2.45, 2.75) is 91.0 Å². The molecule has 0 spiro atoms. The highest BCUT2D eigenvalue weighted by molar-refractivity contribution is 7.09. The summed E-state index contributed by atoms with van der Waals surface area (Å²) in [7, 11) is 0. The Morgan fingerprint density at radius 3 is 2.77 bits per heavy atom. The lowest BCUT2D eigenvalue weighted by Crippen LogP contribution is -2.29. The van der Waals surface area contributed by atoms with Gasteiger partial charge in [-0.3, -0.25) is 9.59 Å². The summed E-state index contributed by atoms with van der Waals surface area (Å²) in [5.74, 6) is -0.504. The molecule has 30 heavy (non-hydrogen) atoms. The predicted molar refractivity (Wildman–Crippen MR) is 119 cm³/mol. The summed E-state index contributed by atoms with van der Waals surface area (Å²) in [6, 6.07) is 0. The van der Waals surface area contributed by atoms with E-state index >= 15 is 0 Å². The molecule has 0 aliphatic carbocycles. The number of rotatable bonds is 2. The number of aryl methyl sites for hydroxylation is 1. The van der Waals surface area contributed by atoms with Crippen LogP contribution in [-0.4, -0.2) is 35.0 Å². The number of carbonyl (C=O) groups excluding carboxylic acids is 2. The summed E-state index contributed by atoms with van der Waals surface area (Å²) < 4.78 is 11.6. The van der Waals surface area contributed by atoms with Gasteiger partial charge in [0, 0.05) is 17.2 Å². The molecule has 5 nitrogen and oxygen atoms in total. The van der Waals surface area contributed by atoms with Gasteiger partial charge in [0.1, 0.15) is 18.3 Å². The lowest BCUT2D eigenvalue weighted by Gasteiger charge is -2.24. The second kappa shape index (κ2) is 10.0. The van der Waals surface area contributed by atoms with Gasteiger partial charge in [-0.05, 0) is 51.2 Å². The number of epoxide rings is 1. The Morgan fingerprint density at radius 2 is 2.03 bits per heavy atom. The molecule has 0 aromatic carbocycles. The summed E-state index contributed by atoms with van der Waals surface area (Å²) in [6.45, 7) is 7.77. The van der Waals surface area contributed by atoms with Crippen molar-refractivity contribution in [1.29, 1.82) is 0 Å². The number of hydrogen-bond donors (Lipinski definition) is 0. The van der Waals surface area contributed by atoms with Gasteiger partial charge in [0.15, 0.2) is 0 Å². The number of aromatic nitrogens is 1. The summed E-state index contributed by atoms with van der Waals surface area (Å²) in [5, 5.41) is 2.98. The minimum atomic E-state index is -0.511. The zero-order chi connectivity index (χ0) is 21.7. The first-order valence-electron chi connectivity index (χ1n) is 10.9. The van der Waals surface area contributed by atoms with Gasteiger partial charge in [-0.2, -0.15) is 0 Å². The van der Waals surface area contributed by atoms with E-state index < -0.39 is 17.5 Å². The van der Waals surface area contributed by atoms with Crippen LogP contribution >= 0.6 is 11.3 Å². The van der Waals surface area contributed by atoms with Gasteiger partial charge in [0.2, 0.25) is 0 Å². The van der Waals surface area contributed by atoms with Gasteiger partial charge in [0.25, 0.3) is 0 Å². The number of fused-ring (bicyclic) bond motifs is 1. The minimum Gasteiger partial charge on any atom is -0.457 e. The van der Waals surface area contributed by atoms with Crippen LogP contribution in [0.5, 0.6) is 0 Å². The fraction of sp³-hybridized carbons (Fsp3) is 0.625. The maximum atomic E-state index is 12.7. The Labute approximate surface area is 183 Å². The van der Waals surface area contributed by atoms with Crippen molar-refractivity contribution in [2.24, 2.45) is 5.41 Å². The van der Waals surface area contributed by atoms with Crippen LogP contribution in [0.3, 0.4) is 0 Å². The number of allylic oxidation sites excluding steroid dienone is 1. The fourth-order valence-corrected chi connectivity index (χ4v) is 4.36. The largest absolute Gasteiger partial charge is 0.457 e. The molecule has 0 radical (unpaired) electrons. The van der Waals surface area contributed by atoms with E-state index in [1.54, 1.807) is 11.3 Å². The average Bonchev–Trinajstić information content (AvgIpc) is 3.28. The number of cyclic esters (lactones) is 1. The Kier molecular flexibility index (Phi) is 7.64. The van der Waals surface area contributed by atoms with E-state index in [0.717, 1.165) is 48.4 Å². The molecule has 0 N–H and O–H groups in total. The van der Waals surface area contributed by atoms with Gasteiger partial charge in [-0.15, -0.1) is 11.3 Å². The molecule has 1 aromatic rings. The van der Waals surface area contributed by atoms with Crippen LogP contribution in [0.25, 0.3) is 6.08 Å². The summed E-state index contributed by atoms with van der Waals surface area (Å²) >= 11 is 1.59. The van der Waals surface area contributed by atoms with Crippen LogP contribution in [-0.2, 0) is 19.1 Å². The molecule has 6 heteroatoms. The van der Waals surface area contributed by atoms with E-state index in [0.29, 0.717) is 6.42 Å². The van der Waals surface area contributed by atoms with Crippen molar-refractivity contribution in [2.75, 3.05) is 0 Å². The van der Waals surface area contributed by atoms with Crippen molar-refractivity contribution in [1.82, 2.24) is 4.98 Å². The minimum absolute atomic E-state index is 0.0498. The third-order valence-corrected chi connectivity index (χ3v) is 6.74. The number of nitrogens with zero attached hydrogens (tertiary/aromatic N) is 1. The molecule has 0 amide bonds. The smallest absolute Gasteiger partial charge is 0.313 e. The zero-order valence-electron chi connectivity index (χ0n) is 18.5. The average molecular weight is 432 g/mol. The Bertz CT molecular complexity index is 823. The maximum absolute atomic E-state index is 12.7. The number of ether oxygens (including phenoxy) is 2. The fourth-order valence-electron chi connectivity index (χ4n) is 3.79. The molecule has 0 unspecified atom stereocenters. The standard InChI is InChI=1S/C24H33NO4S/c1-16(12-18-15-30-17(2)25-18)20-13-21-19(28-21)10-8-6-5-7-9-11-24(3,4)22(26)14-23(27)29-20/h6,8,12,15,19-21H,5,7,9-11,13-14H2,1-4H3/t19-,20+,21+/m1/s1. The molecule has 2 aliphatic heterocycles. The van der Waals surface area contributed by atoms with E-state index in [9.17, 15) is 9.59 Å². The van der Waals surface area contributed by atoms with E-state index in [1.807, 2.05) is 39.2 Å². The summed E-state index contributed by atoms with van der Waals surface area (Å²) in [5.41, 5.74) is 1.28. The Morgan fingerprint density at radius 1 is 1.23 bits per heavy atom. The first kappa shape index (κ1) is 22.9. The second-order valence-corrected chi connectivity index (χ2v) is 10.1. The third kappa shape index (κ3) is 6.61. The second-order valence-electron chi connectivity index (χ2n) is 9.04. The van der Waals surface area contributed by atoms with Gasteiger partial charge in [-0.1, -0.05) is 32.4 Å². The number of carbonyl (C=O) groups is 2. The van der Waals surface area contributed by atoms with Gasteiger partial charge >= 0.3 is 5.97 Å². The van der Waals surface area contributed by atoms with Gasteiger partial charge < -0.3 is 9.47 Å². The van der Waals surface area contributed by atoms with E-state index in [2.05, 4.69) is 17.1 Å². The first-order chi connectivity index (χ1) is 14.2. The molecular formula is C24H33NO4S. The zero-order valence-corrected chi connectivity index (χ0v) is 19.3. The van der Waals surface area contributed by atoms with Crippen LogP contribution < -0.4 is 0 Å². The predicted octanol–water partition coefficient (Wildman–Crippen LogP) is 5.43. The highest BCUT2D eigenvalue weighted by atomic mass is 32.1.